The number of amides is 2. The Morgan fingerprint density at radius 2 is 1.48 bits per heavy atom. The van der Waals surface area contributed by atoms with Crippen LogP contribution in [0.1, 0.15) is 75.3 Å². The number of allylic oxidation sites excluding steroid dienone is 2. The third-order valence-electron chi connectivity index (χ3n) is 14.1. The summed E-state index contributed by atoms with van der Waals surface area (Å²) >= 11 is 0. The maximum Gasteiger partial charge on any atom is 0.220 e. The van der Waals surface area contributed by atoms with Crippen LogP contribution in [0.3, 0.4) is 0 Å². The van der Waals surface area contributed by atoms with Crippen molar-refractivity contribution in [3.05, 3.63) is 132 Å². The molecule has 13 nitrogen and oxygen atoms in total. The van der Waals surface area contributed by atoms with Crippen molar-refractivity contribution in [3.63, 3.8) is 0 Å². The normalized spacial score (nSPS) is 18.0. The topological polar surface area (TPSA) is 127 Å². The van der Waals surface area contributed by atoms with Crippen molar-refractivity contribution in [2.24, 2.45) is 0 Å². The summed E-state index contributed by atoms with van der Waals surface area (Å²) in [4.78, 5) is 29.7. The van der Waals surface area contributed by atoms with Crippen LogP contribution in [-0.4, -0.2) is 76.6 Å². The number of nitrogens with zero attached hydrogens (tertiary/aromatic N) is 3. The quantitative estimate of drug-likeness (QED) is 0.0581. The second-order valence-corrected chi connectivity index (χ2v) is 18.5. The summed E-state index contributed by atoms with van der Waals surface area (Å²) in [5.41, 5.74) is 10.2. The van der Waals surface area contributed by atoms with E-state index >= 15 is 0 Å². The zero-order valence-electron chi connectivity index (χ0n) is 39.2. The molecule has 0 saturated carbocycles. The van der Waals surface area contributed by atoms with Crippen molar-refractivity contribution in [1.29, 1.82) is 0 Å². The summed E-state index contributed by atoms with van der Waals surface area (Å²) in [6.07, 6.45) is 14.7. The van der Waals surface area contributed by atoms with Gasteiger partial charge in [0.1, 0.15) is 42.6 Å². The zero-order chi connectivity index (χ0) is 46.5. The number of aromatic nitrogens is 1. The highest BCUT2D eigenvalue weighted by Gasteiger charge is 2.42. The first-order valence-electron chi connectivity index (χ1n) is 25.0. The average molecular weight is 930 g/mol. The number of hydrogen-bond donors (Lipinski definition) is 3. The van der Waals surface area contributed by atoms with E-state index < -0.39 is 0 Å². The minimum absolute atomic E-state index is 0.0363. The minimum Gasteiger partial charge on any atom is -0.487 e. The number of ether oxygens (including phenoxy) is 5. The Morgan fingerprint density at radius 1 is 0.739 bits per heavy atom. The van der Waals surface area contributed by atoms with E-state index in [9.17, 15) is 9.59 Å². The van der Waals surface area contributed by atoms with E-state index in [1.807, 2.05) is 30.3 Å². The average Bonchev–Trinajstić information content (AvgIpc) is 3.79. The third-order valence-corrected chi connectivity index (χ3v) is 14.1. The van der Waals surface area contributed by atoms with Gasteiger partial charge in [0.2, 0.25) is 23.2 Å². The number of pyridine rings is 1. The summed E-state index contributed by atoms with van der Waals surface area (Å²) in [7, 11) is 0. The number of carbonyl (C=O) groups is 2. The molecule has 69 heavy (non-hydrogen) atoms. The Hall–Kier alpha value is -6.99. The van der Waals surface area contributed by atoms with E-state index in [0.29, 0.717) is 45.8 Å². The maximum absolute atomic E-state index is 12.6. The molecule has 6 aliphatic rings. The molecule has 6 aliphatic heterocycles. The number of fused-ring (bicyclic) bond motifs is 7. The Bertz CT molecular complexity index is 2840. The van der Waals surface area contributed by atoms with Crippen LogP contribution >= 0.6 is 0 Å². The molecular formula is C56H61N6O7+. The first-order valence-corrected chi connectivity index (χ1v) is 25.0. The molecule has 1 aromatic heterocycles. The zero-order valence-corrected chi connectivity index (χ0v) is 39.2. The van der Waals surface area contributed by atoms with Crippen LogP contribution in [-0.2, 0) is 20.9 Å². The van der Waals surface area contributed by atoms with Crippen molar-refractivity contribution >= 4 is 50.9 Å². The summed E-state index contributed by atoms with van der Waals surface area (Å²) < 4.78 is 34.0. The first-order chi connectivity index (χ1) is 34.1. The van der Waals surface area contributed by atoms with E-state index in [4.69, 9.17) is 23.7 Å². The molecule has 0 fully saturated rings. The van der Waals surface area contributed by atoms with Crippen LogP contribution in [0.2, 0.25) is 0 Å². The fourth-order valence-electron chi connectivity index (χ4n) is 10.7. The van der Waals surface area contributed by atoms with Gasteiger partial charge in [-0.1, -0.05) is 42.8 Å². The number of para-hydroxylation sites is 4. The third kappa shape index (κ3) is 9.32. The standard InChI is InChI=1S/C56H60N6O7/c63-51(21-3-1-9-30-60-32-24-38-40-37-66-46-17-7-5-13-41(46)57-27-23-45(40)67-48-19-11-15-43(60)53(38)48)58-28-35-65-36-29-59-52(64)22-4-2-10-31-61-33-25-39-54-44(61)16-12-20-49(54)68-50-26-34-62-42-14-6-8-18-47(42)69-56(62)55(39)50/h5-8,11-20,24-25,32-33,45,50,57H,1-4,9-10,21-23,26-31,34-37H2,(H-,58,59,63,64)/p+1. The lowest BCUT2D eigenvalue weighted by molar-refractivity contribution is -0.671. The van der Waals surface area contributed by atoms with E-state index in [0.717, 1.165) is 146 Å². The van der Waals surface area contributed by atoms with E-state index in [1.54, 1.807) is 0 Å². The van der Waals surface area contributed by atoms with Gasteiger partial charge in [0.15, 0.2) is 11.9 Å². The van der Waals surface area contributed by atoms with Crippen molar-refractivity contribution in [2.75, 3.05) is 67.7 Å². The predicted molar refractivity (Wildman–Crippen MR) is 268 cm³/mol. The fourth-order valence-corrected chi connectivity index (χ4v) is 10.7. The SMILES string of the molecule is O=C(CCCCCN1C=CC2=C3COc4ccccc4NCCC3Oc3cccc1c32)NCCOCCNC(=O)CCCCC[n+]1ccc2c3c(cccc31)OC1CCN3C(=C21)Oc1ccccc13. The van der Waals surface area contributed by atoms with E-state index in [2.05, 4.69) is 109 Å². The number of unbranched alkanes of at least 4 members (excludes halogenated alkanes) is 4. The van der Waals surface area contributed by atoms with Gasteiger partial charge >= 0.3 is 0 Å². The number of rotatable bonds is 18. The summed E-state index contributed by atoms with van der Waals surface area (Å²) in [6.45, 7) is 5.55. The smallest absolute Gasteiger partial charge is 0.220 e. The fraction of sp³-hybridized carbons (Fsp3) is 0.375. The second kappa shape index (κ2) is 20.3. The Balaban J connectivity index is 0.552. The van der Waals surface area contributed by atoms with Crippen LogP contribution < -0.4 is 49.3 Å². The monoisotopic (exact) mass is 929 g/mol. The summed E-state index contributed by atoms with van der Waals surface area (Å²) in [5.74, 6) is 4.56. The lowest BCUT2D eigenvalue weighted by Crippen LogP contribution is -2.39. The molecule has 0 radical (unpaired) electrons. The molecule has 7 heterocycles. The predicted octanol–water partition coefficient (Wildman–Crippen LogP) is 8.67. The number of hydrogen-bond acceptors (Lipinski definition) is 10. The van der Waals surface area contributed by atoms with E-state index in [1.165, 1.54) is 16.7 Å². The molecule has 11 rings (SSSR count). The molecule has 0 bridgehead atoms. The largest absolute Gasteiger partial charge is 0.487 e. The number of aryl methyl sites for hydroxylation is 1. The molecule has 2 unspecified atom stereocenters. The van der Waals surface area contributed by atoms with Crippen molar-refractivity contribution in [3.8, 4) is 23.0 Å². The first kappa shape index (κ1) is 44.5. The molecule has 0 spiro atoms. The summed E-state index contributed by atoms with van der Waals surface area (Å²) in [6, 6.07) is 31.2. The second-order valence-electron chi connectivity index (χ2n) is 18.5. The number of benzene rings is 4. The Kier molecular flexibility index (Phi) is 13.1. The molecule has 356 valence electrons. The molecule has 2 atom stereocenters. The molecule has 0 aliphatic carbocycles. The molecule has 13 heteroatoms. The minimum atomic E-state index is -0.0509. The van der Waals surface area contributed by atoms with Crippen molar-refractivity contribution in [1.82, 2.24) is 10.6 Å². The lowest BCUT2D eigenvalue weighted by atomic mass is 9.88. The highest BCUT2D eigenvalue weighted by atomic mass is 16.5. The van der Waals surface area contributed by atoms with Crippen LogP contribution in [0.25, 0.3) is 22.0 Å². The van der Waals surface area contributed by atoms with Gasteiger partial charge in [-0.05, 0) is 79.8 Å². The molecule has 4 aromatic carbocycles. The van der Waals surface area contributed by atoms with Crippen LogP contribution in [0.15, 0.2) is 121 Å². The molecular weight excluding hydrogens is 869 g/mol. The van der Waals surface area contributed by atoms with Crippen LogP contribution in [0, 0.1) is 0 Å². The van der Waals surface area contributed by atoms with Crippen molar-refractivity contribution < 1.29 is 37.8 Å². The lowest BCUT2D eigenvalue weighted by Gasteiger charge is -2.36. The van der Waals surface area contributed by atoms with Gasteiger partial charge < -0.3 is 49.4 Å². The van der Waals surface area contributed by atoms with Crippen LogP contribution in [0.5, 0.6) is 23.0 Å². The number of carbonyl (C=O) groups excluding carboxylic acids is 2. The summed E-state index contributed by atoms with van der Waals surface area (Å²) in [5, 5.41) is 10.6. The maximum atomic E-state index is 12.6. The molecule has 2 amide bonds. The Labute approximate surface area is 403 Å². The molecule has 3 N–H and O–H groups in total. The van der Waals surface area contributed by atoms with Gasteiger partial charge in [0.05, 0.1) is 41.2 Å². The highest BCUT2D eigenvalue weighted by Crippen LogP contribution is 2.50. The van der Waals surface area contributed by atoms with Gasteiger partial charge in [0, 0.05) is 99.9 Å². The van der Waals surface area contributed by atoms with Gasteiger partial charge in [-0.2, -0.15) is 4.57 Å². The van der Waals surface area contributed by atoms with E-state index in [-0.39, 0.29) is 24.0 Å². The Morgan fingerprint density at radius 3 is 2.35 bits per heavy atom. The van der Waals surface area contributed by atoms with Gasteiger partial charge in [0.25, 0.3) is 0 Å². The van der Waals surface area contributed by atoms with Gasteiger partial charge in [-0.25, -0.2) is 0 Å². The number of anilines is 3. The molecule has 0 saturated heterocycles. The number of nitrogens with one attached hydrogen (secondary N) is 3. The van der Waals surface area contributed by atoms with Gasteiger partial charge in [-0.15, -0.1) is 0 Å². The van der Waals surface area contributed by atoms with Gasteiger partial charge in [-0.3, -0.25) is 9.59 Å². The van der Waals surface area contributed by atoms with Crippen molar-refractivity contribution in [2.45, 2.75) is 83.0 Å². The van der Waals surface area contributed by atoms with Crippen LogP contribution in [0.4, 0.5) is 17.1 Å². The molecule has 5 aromatic rings. The highest BCUT2D eigenvalue weighted by molar-refractivity contribution is 5.99.